The molecular formula is C20H27FN4O. The second kappa shape index (κ2) is 8.45. The van der Waals surface area contributed by atoms with Crippen molar-refractivity contribution in [1.29, 1.82) is 0 Å². The predicted octanol–water partition coefficient (Wildman–Crippen LogP) is 3.05. The van der Waals surface area contributed by atoms with Crippen LogP contribution in [0.25, 0.3) is 0 Å². The highest BCUT2D eigenvalue weighted by Gasteiger charge is 2.23. The van der Waals surface area contributed by atoms with Crippen molar-refractivity contribution in [3.05, 3.63) is 52.6 Å². The average Bonchev–Trinajstić information content (AvgIpc) is 2.96. The molecule has 1 aliphatic heterocycles. The molecule has 1 aromatic heterocycles. The van der Waals surface area contributed by atoms with Gasteiger partial charge in [0.25, 0.3) is 0 Å². The number of likely N-dealkylation sites (tertiary alicyclic amines) is 1. The van der Waals surface area contributed by atoms with Crippen LogP contribution in [0.15, 0.2) is 24.3 Å². The number of benzene rings is 1. The van der Waals surface area contributed by atoms with E-state index >= 15 is 0 Å². The van der Waals surface area contributed by atoms with Crippen molar-refractivity contribution in [2.24, 2.45) is 0 Å². The molecule has 3 rings (SSSR count). The van der Waals surface area contributed by atoms with Crippen LogP contribution in [0.1, 0.15) is 47.8 Å². The summed E-state index contributed by atoms with van der Waals surface area (Å²) in [5, 5.41) is 10.1. The van der Waals surface area contributed by atoms with Gasteiger partial charge in [0.2, 0.25) is 5.91 Å². The zero-order valence-corrected chi connectivity index (χ0v) is 15.5. The predicted molar refractivity (Wildman–Crippen MR) is 99.3 cm³/mol. The molecule has 1 saturated heterocycles. The lowest BCUT2D eigenvalue weighted by atomic mass is 10.0. The van der Waals surface area contributed by atoms with Crippen molar-refractivity contribution >= 4 is 5.91 Å². The quantitative estimate of drug-likeness (QED) is 0.834. The average molecular weight is 358 g/mol. The fraction of sp³-hybridized carbons (Fsp3) is 0.500. The van der Waals surface area contributed by atoms with E-state index in [0.717, 1.165) is 35.6 Å². The monoisotopic (exact) mass is 358 g/mol. The first-order valence-electron chi connectivity index (χ1n) is 9.31. The Kier molecular flexibility index (Phi) is 6.04. The van der Waals surface area contributed by atoms with Gasteiger partial charge in [0, 0.05) is 17.8 Å². The summed E-state index contributed by atoms with van der Waals surface area (Å²) < 4.78 is 13.3. The molecule has 0 spiro atoms. The Bertz CT molecular complexity index is 715. The number of piperidine rings is 1. The van der Waals surface area contributed by atoms with Crippen molar-refractivity contribution in [3.8, 4) is 0 Å². The van der Waals surface area contributed by atoms with E-state index in [1.807, 2.05) is 26.0 Å². The van der Waals surface area contributed by atoms with Crippen LogP contribution in [-0.2, 0) is 11.2 Å². The van der Waals surface area contributed by atoms with E-state index in [2.05, 4.69) is 20.4 Å². The molecule has 0 bridgehead atoms. The highest BCUT2D eigenvalue weighted by Crippen LogP contribution is 2.24. The number of H-pyrrole nitrogens is 1. The maximum atomic E-state index is 13.3. The molecule has 26 heavy (non-hydrogen) atoms. The lowest BCUT2D eigenvalue weighted by Gasteiger charge is -2.35. The van der Waals surface area contributed by atoms with Crippen molar-refractivity contribution in [3.63, 3.8) is 0 Å². The molecule has 2 heterocycles. The van der Waals surface area contributed by atoms with Gasteiger partial charge in [-0.15, -0.1) is 0 Å². The van der Waals surface area contributed by atoms with E-state index in [-0.39, 0.29) is 17.8 Å². The van der Waals surface area contributed by atoms with E-state index in [1.54, 1.807) is 0 Å². The van der Waals surface area contributed by atoms with Gasteiger partial charge < -0.3 is 5.32 Å². The number of carbonyl (C=O) groups is 1. The second-order valence-corrected chi connectivity index (χ2v) is 7.06. The molecule has 1 unspecified atom stereocenters. The number of hydrogen-bond donors (Lipinski definition) is 2. The minimum Gasteiger partial charge on any atom is -0.354 e. The van der Waals surface area contributed by atoms with Crippen LogP contribution in [0.3, 0.4) is 0 Å². The first-order valence-corrected chi connectivity index (χ1v) is 9.31. The number of hydrogen-bond acceptors (Lipinski definition) is 3. The molecule has 2 aromatic rings. The Morgan fingerprint density at radius 1 is 1.23 bits per heavy atom. The number of aromatic nitrogens is 2. The van der Waals surface area contributed by atoms with Crippen LogP contribution < -0.4 is 5.32 Å². The summed E-state index contributed by atoms with van der Waals surface area (Å²) in [5.74, 6) is -0.247. The maximum Gasteiger partial charge on any atom is 0.224 e. The number of nitrogens with zero attached hydrogens (tertiary/aromatic N) is 2. The van der Waals surface area contributed by atoms with Gasteiger partial charge in [0.05, 0.1) is 18.2 Å². The molecule has 1 amide bonds. The number of nitrogens with one attached hydrogen (secondary N) is 2. The van der Waals surface area contributed by atoms with Crippen LogP contribution in [0.5, 0.6) is 0 Å². The summed E-state index contributed by atoms with van der Waals surface area (Å²) in [6.45, 7) is 6.38. The van der Waals surface area contributed by atoms with Gasteiger partial charge in [-0.25, -0.2) is 4.39 Å². The van der Waals surface area contributed by atoms with Gasteiger partial charge in [-0.05, 0) is 57.5 Å². The van der Waals surface area contributed by atoms with Crippen LogP contribution in [0, 0.1) is 19.7 Å². The summed E-state index contributed by atoms with van der Waals surface area (Å²) in [5.41, 5.74) is 3.80. The summed E-state index contributed by atoms with van der Waals surface area (Å²) in [4.78, 5) is 14.9. The molecule has 0 saturated carbocycles. The third-order valence-electron chi connectivity index (χ3n) is 5.20. The number of amides is 1. The molecule has 1 aliphatic rings. The Morgan fingerprint density at radius 3 is 2.54 bits per heavy atom. The Morgan fingerprint density at radius 2 is 1.92 bits per heavy atom. The molecule has 2 N–H and O–H groups in total. The first kappa shape index (κ1) is 18.6. The number of carbonyl (C=O) groups excluding carboxylic acids is 1. The molecule has 0 aliphatic carbocycles. The Labute approximate surface area is 154 Å². The number of rotatable bonds is 6. The molecule has 5 nitrogen and oxygen atoms in total. The highest BCUT2D eigenvalue weighted by atomic mass is 19.1. The minimum atomic E-state index is -0.235. The van der Waals surface area contributed by atoms with Crippen molar-refractivity contribution in [2.75, 3.05) is 19.6 Å². The molecule has 6 heteroatoms. The molecule has 1 atom stereocenters. The Balaban J connectivity index is 1.67. The topological polar surface area (TPSA) is 61.0 Å². The fourth-order valence-corrected chi connectivity index (χ4v) is 3.64. The van der Waals surface area contributed by atoms with Gasteiger partial charge in [0.15, 0.2) is 0 Å². The summed E-state index contributed by atoms with van der Waals surface area (Å²) >= 11 is 0. The molecular weight excluding hydrogens is 331 g/mol. The molecule has 0 radical (unpaired) electrons. The normalized spacial score (nSPS) is 16.4. The van der Waals surface area contributed by atoms with Gasteiger partial charge in [0.1, 0.15) is 5.82 Å². The van der Waals surface area contributed by atoms with Gasteiger partial charge in [-0.3, -0.25) is 14.8 Å². The lowest BCUT2D eigenvalue weighted by molar-refractivity contribution is -0.120. The van der Waals surface area contributed by atoms with Crippen LogP contribution >= 0.6 is 0 Å². The van der Waals surface area contributed by atoms with Gasteiger partial charge in [-0.1, -0.05) is 18.6 Å². The maximum absolute atomic E-state index is 13.3. The van der Waals surface area contributed by atoms with E-state index in [9.17, 15) is 9.18 Å². The highest BCUT2D eigenvalue weighted by molar-refractivity contribution is 5.79. The van der Waals surface area contributed by atoms with E-state index in [1.165, 1.54) is 31.4 Å². The second-order valence-electron chi connectivity index (χ2n) is 7.06. The van der Waals surface area contributed by atoms with Crippen molar-refractivity contribution in [2.45, 2.75) is 45.6 Å². The van der Waals surface area contributed by atoms with Crippen molar-refractivity contribution < 1.29 is 9.18 Å². The summed E-state index contributed by atoms with van der Waals surface area (Å²) in [7, 11) is 0. The van der Waals surface area contributed by atoms with Crippen LogP contribution in [-0.4, -0.2) is 40.6 Å². The zero-order chi connectivity index (χ0) is 18.5. The van der Waals surface area contributed by atoms with E-state index in [4.69, 9.17) is 0 Å². The lowest BCUT2D eigenvalue weighted by Crippen LogP contribution is -2.41. The van der Waals surface area contributed by atoms with Crippen molar-refractivity contribution in [1.82, 2.24) is 20.4 Å². The third kappa shape index (κ3) is 4.49. The largest absolute Gasteiger partial charge is 0.354 e. The fourth-order valence-electron chi connectivity index (χ4n) is 3.64. The van der Waals surface area contributed by atoms with Crippen LogP contribution in [0.4, 0.5) is 4.39 Å². The van der Waals surface area contributed by atoms with Gasteiger partial charge >= 0.3 is 0 Å². The van der Waals surface area contributed by atoms with E-state index < -0.39 is 0 Å². The van der Waals surface area contributed by atoms with Gasteiger partial charge in [-0.2, -0.15) is 5.10 Å². The first-order chi connectivity index (χ1) is 12.5. The molecule has 1 fully saturated rings. The zero-order valence-electron chi connectivity index (χ0n) is 15.5. The summed E-state index contributed by atoms with van der Waals surface area (Å²) in [6.07, 6.45) is 3.90. The number of halogens is 1. The molecule has 140 valence electrons. The smallest absolute Gasteiger partial charge is 0.224 e. The Hall–Kier alpha value is -2.21. The minimum absolute atomic E-state index is 0.0123. The summed E-state index contributed by atoms with van der Waals surface area (Å²) in [6, 6.07) is 6.71. The SMILES string of the molecule is Cc1n[nH]c(C)c1CC(=O)NCC(c1ccc(F)cc1)N1CCCCC1. The number of aryl methyl sites for hydroxylation is 2. The standard InChI is InChI=1S/C20H27FN4O/c1-14-18(15(2)24-23-14)12-20(26)22-13-19(25-10-4-3-5-11-25)16-6-8-17(21)9-7-16/h6-9,19H,3-5,10-13H2,1-2H3,(H,22,26)(H,23,24). The van der Waals surface area contributed by atoms with Crippen LogP contribution in [0.2, 0.25) is 0 Å². The third-order valence-corrected chi connectivity index (χ3v) is 5.20. The van der Waals surface area contributed by atoms with E-state index in [0.29, 0.717) is 13.0 Å². The number of aromatic amines is 1. The molecule has 1 aromatic carbocycles.